The number of rotatable bonds is 8. The van der Waals surface area contributed by atoms with Gasteiger partial charge in [0.05, 0.1) is 5.69 Å². The minimum absolute atomic E-state index is 0.142. The Labute approximate surface area is 135 Å². The lowest BCUT2D eigenvalue weighted by atomic mass is 10.1. The number of aliphatic carboxylic acids is 2. The molecule has 9 nitrogen and oxygen atoms in total. The summed E-state index contributed by atoms with van der Waals surface area (Å²) in [5, 5.41) is 25.7. The highest BCUT2D eigenvalue weighted by atomic mass is 32.2. The molecule has 2 aromatic heterocycles. The summed E-state index contributed by atoms with van der Waals surface area (Å²) in [5.74, 6) is -1.60. The highest BCUT2D eigenvalue weighted by Crippen LogP contribution is 2.19. The molecule has 0 fully saturated rings. The van der Waals surface area contributed by atoms with Crippen molar-refractivity contribution in [2.45, 2.75) is 29.9 Å². The van der Waals surface area contributed by atoms with Crippen LogP contribution in [0.25, 0.3) is 0 Å². The van der Waals surface area contributed by atoms with E-state index < -0.39 is 18.0 Å². The number of pyridine rings is 1. The lowest BCUT2D eigenvalue weighted by Gasteiger charge is -2.07. The molecule has 0 spiro atoms. The summed E-state index contributed by atoms with van der Waals surface area (Å²) in [5.41, 5.74) is 6.80. The van der Waals surface area contributed by atoms with Gasteiger partial charge in [-0.15, -0.1) is 10.2 Å². The van der Waals surface area contributed by atoms with Crippen LogP contribution in [0.2, 0.25) is 0 Å². The molecule has 0 bridgehead atoms. The second-order valence-corrected chi connectivity index (χ2v) is 5.64. The number of nitrogens with two attached hydrogens (primary N) is 1. The van der Waals surface area contributed by atoms with Gasteiger partial charge in [-0.3, -0.25) is 19.1 Å². The van der Waals surface area contributed by atoms with Crippen molar-refractivity contribution in [3.05, 3.63) is 35.9 Å². The largest absolute Gasteiger partial charge is 0.480 e. The van der Waals surface area contributed by atoms with Gasteiger partial charge in [0.25, 0.3) is 0 Å². The smallest absolute Gasteiger partial charge is 0.323 e. The topological polar surface area (TPSA) is 144 Å². The van der Waals surface area contributed by atoms with Gasteiger partial charge >= 0.3 is 11.9 Å². The summed E-state index contributed by atoms with van der Waals surface area (Å²) < 4.78 is 1.43. The van der Waals surface area contributed by atoms with Crippen LogP contribution in [0.3, 0.4) is 0 Å². The molecule has 122 valence electrons. The Balaban J connectivity index is 2.00. The molecule has 2 rings (SSSR count). The molecule has 2 aromatic rings. The molecule has 1 unspecified atom stereocenters. The minimum Gasteiger partial charge on any atom is -0.480 e. The first-order valence-electron chi connectivity index (χ1n) is 6.61. The van der Waals surface area contributed by atoms with Crippen LogP contribution >= 0.6 is 11.8 Å². The minimum atomic E-state index is -1.08. The number of hydrogen-bond acceptors (Lipinski definition) is 7. The van der Waals surface area contributed by atoms with E-state index in [1.807, 2.05) is 0 Å². The van der Waals surface area contributed by atoms with Gasteiger partial charge in [-0.2, -0.15) is 0 Å². The molecule has 0 aliphatic rings. The molecule has 4 N–H and O–H groups in total. The van der Waals surface area contributed by atoms with Gasteiger partial charge in [-0.05, 0) is 12.1 Å². The Morgan fingerprint density at radius 2 is 2.04 bits per heavy atom. The number of nitrogens with zero attached hydrogens (tertiary/aromatic N) is 4. The number of aromatic nitrogens is 4. The van der Waals surface area contributed by atoms with E-state index in [0.29, 0.717) is 16.6 Å². The Hall–Kier alpha value is -2.46. The second-order valence-electron chi connectivity index (χ2n) is 4.69. The van der Waals surface area contributed by atoms with E-state index in [9.17, 15) is 9.59 Å². The highest BCUT2D eigenvalue weighted by Gasteiger charge is 2.13. The summed E-state index contributed by atoms with van der Waals surface area (Å²) in [6, 6.07) is 4.28. The van der Waals surface area contributed by atoms with Crippen LogP contribution in [0.1, 0.15) is 11.4 Å². The van der Waals surface area contributed by atoms with Crippen LogP contribution in [-0.2, 0) is 28.3 Å². The first-order chi connectivity index (χ1) is 11.0. The van der Waals surface area contributed by atoms with Crippen LogP contribution in [-0.4, -0.2) is 47.9 Å². The van der Waals surface area contributed by atoms with Crippen molar-refractivity contribution < 1.29 is 19.8 Å². The van der Waals surface area contributed by atoms with Crippen LogP contribution in [0, 0.1) is 0 Å². The first-order valence-corrected chi connectivity index (χ1v) is 7.60. The average Bonchev–Trinajstić information content (AvgIpc) is 2.92. The van der Waals surface area contributed by atoms with Crippen LogP contribution < -0.4 is 5.73 Å². The van der Waals surface area contributed by atoms with E-state index >= 15 is 0 Å². The third-order valence-electron chi connectivity index (χ3n) is 2.85. The van der Waals surface area contributed by atoms with Crippen molar-refractivity contribution in [2.75, 3.05) is 0 Å². The standard InChI is InChI=1S/C13H15N5O4S/c14-10(12(21)22)4-8-2-1-3-9(16-8)6-23-13-17-15-7-18(13)5-11(19)20/h1-3,7,10H,4-6,14H2,(H,19,20)(H,21,22). The van der Waals surface area contributed by atoms with Crippen molar-refractivity contribution in [3.8, 4) is 0 Å². The predicted molar refractivity (Wildman–Crippen MR) is 80.8 cm³/mol. The Morgan fingerprint density at radius 1 is 1.30 bits per heavy atom. The fraction of sp³-hybridized carbons (Fsp3) is 0.308. The molecule has 0 amide bonds. The molecule has 10 heteroatoms. The fourth-order valence-corrected chi connectivity index (χ4v) is 2.60. The molecular weight excluding hydrogens is 322 g/mol. The lowest BCUT2D eigenvalue weighted by molar-refractivity contribution is -0.139. The van der Waals surface area contributed by atoms with Crippen molar-refractivity contribution >= 4 is 23.7 Å². The van der Waals surface area contributed by atoms with Gasteiger partial charge < -0.3 is 15.9 Å². The summed E-state index contributed by atoms with van der Waals surface area (Å²) >= 11 is 1.30. The summed E-state index contributed by atoms with van der Waals surface area (Å²) in [6.07, 6.45) is 1.50. The number of carboxylic acids is 2. The zero-order chi connectivity index (χ0) is 16.8. The molecule has 0 radical (unpaired) electrons. The summed E-state index contributed by atoms with van der Waals surface area (Å²) in [7, 11) is 0. The van der Waals surface area contributed by atoms with E-state index in [4.69, 9.17) is 15.9 Å². The van der Waals surface area contributed by atoms with Gasteiger partial charge in [-0.25, -0.2) is 0 Å². The highest BCUT2D eigenvalue weighted by molar-refractivity contribution is 7.98. The lowest BCUT2D eigenvalue weighted by Crippen LogP contribution is -2.32. The first kappa shape index (κ1) is 16.9. The van der Waals surface area contributed by atoms with E-state index in [0.717, 1.165) is 5.69 Å². The molecule has 1 atom stereocenters. The maximum absolute atomic E-state index is 10.8. The van der Waals surface area contributed by atoms with Crippen molar-refractivity contribution in [1.29, 1.82) is 0 Å². The zero-order valence-electron chi connectivity index (χ0n) is 12.0. The van der Waals surface area contributed by atoms with Crippen molar-refractivity contribution in [1.82, 2.24) is 19.7 Å². The average molecular weight is 337 g/mol. The Morgan fingerprint density at radius 3 is 2.74 bits per heavy atom. The summed E-state index contributed by atoms with van der Waals surface area (Å²) in [4.78, 5) is 25.9. The van der Waals surface area contributed by atoms with Crippen molar-refractivity contribution in [2.24, 2.45) is 5.73 Å². The Bertz CT molecular complexity index is 705. The summed E-state index contributed by atoms with van der Waals surface area (Å²) in [6.45, 7) is -0.212. The molecule has 0 aliphatic heterocycles. The van der Waals surface area contributed by atoms with Crippen LogP contribution in [0.5, 0.6) is 0 Å². The SMILES string of the molecule is NC(Cc1cccc(CSc2nncn2CC(=O)O)n1)C(=O)O. The van der Waals surface area contributed by atoms with Gasteiger partial charge in [0.2, 0.25) is 0 Å². The monoisotopic (exact) mass is 337 g/mol. The van der Waals surface area contributed by atoms with E-state index in [-0.39, 0.29) is 13.0 Å². The van der Waals surface area contributed by atoms with Gasteiger partial charge in [0, 0.05) is 17.9 Å². The van der Waals surface area contributed by atoms with E-state index in [2.05, 4.69) is 15.2 Å². The third-order valence-corrected chi connectivity index (χ3v) is 3.86. The van der Waals surface area contributed by atoms with Crippen molar-refractivity contribution in [3.63, 3.8) is 0 Å². The second kappa shape index (κ2) is 7.70. The van der Waals surface area contributed by atoms with Crippen LogP contribution in [0.15, 0.2) is 29.7 Å². The number of hydrogen-bond donors (Lipinski definition) is 3. The molecule has 2 heterocycles. The van der Waals surface area contributed by atoms with Gasteiger partial charge in [0.1, 0.15) is 18.9 Å². The van der Waals surface area contributed by atoms with Gasteiger partial charge in [-0.1, -0.05) is 17.8 Å². The van der Waals surface area contributed by atoms with E-state index in [1.165, 1.54) is 22.7 Å². The third kappa shape index (κ3) is 5.04. The molecule has 0 saturated heterocycles. The Kier molecular flexibility index (Phi) is 5.66. The quantitative estimate of drug-likeness (QED) is 0.567. The number of carboxylic acid groups (broad SMARTS) is 2. The molecule has 23 heavy (non-hydrogen) atoms. The molecule has 0 aliphatic carbocycles. The maximum atomic E-state index is 10.8. The van der Waals surface area contributed by atoms with Gasteiger partial charge in [0.15, 0.2) is 5.16 Å². The normalized spacial score (nSPS) is 12.0. The maximum Gasteiger partial charge on any atom is 0.323 e. The molecule has 0 aromatic carbocycles. The van der Waals surface area contributed by atoms with Crippen LogP contribution in [0.4, 0.5) is 0 Å². The number of carbonyl (C=O) groups is 2. The molecule has 0 saturated carbocycles. The van der Waals surface area contributed by atoms with E-state index in [1.54, 1.807) is 18.2 Å². The number of thioether (sulfide) groups is 1. The predicted octanol–water partition coefficient (Wildman–Crippen LogP) is 0.00440. The fourth-order valence-electron chi connectivity index (χ4n) is 1.78. The molecular formula is C13H15N5O4S. The zero-order valence-corrected chi connectivity index (χ0v) is 12.8.